The van der Waals surface area contributed by atoms with Crippen molar-refractivity contribution in [3.63, 3.8) is 0 Å². The van der Waals surface area contributed by atoms with Gasteiger partial charge in [-0.05, 0) is 38.8 Å². The molecule has 21 heavy (non-hydrogen) atoms. The molecule has 0 unspecified atom stereocenters. The van der Waals surface area contributed by atoms with E-state index in [2.05, 4.69) is 5.32 Å². The molecule has 1 aromatic rings. The maximum atomic E-state index is 13.9. The molecule has 0 radical (unpaired) electrons. The van der Waals surface area contributed by atoms with Crippen LogP contribution in [0.2, 0.25) is 0 Å². The second-order valence-corrected chi connectivity index (χ2v) is 5.63. The first-order chi connectivity index (χ1) is 9.40. The van der Waals surface area contributed by atoms with Crippen LogP contribution in [0.3, 0.4) is 0 Å². The van der Waals surface area contributed by atoms with Crippen LogP contribution in [0.1, 0.15) is 39.5 Å². The van der Waals surface area contributed by atoms with Crippen LogP contribution in [-0.2, 0) is 4.79 Å². The summed E-state index contributed by atoms with van der Waals surface area (Å²) in [6.45, 7) is 3.73. The minimum atomic E-state index is -0.862. The molecule has 0 aromatic heterocycles. The topological polar surface area (TPSA) is 64.3 Å². The van der Waals surface area contributed by atoms with E-state index < -0.39 is 11.4 Å². The van der Waals surface area contributed by atoms with Crippen molar-refractivity contribution in [2.45, 2.75) is 51.2 Å². The number of amides is 1. The SMILES string of the molecule is CC(C)Oc1ccc(NC(=O)C2(N)CCCC2)c(F)c1.Cl. The van der Waals surface area contributed by atoms with Crippen LogP contribution in [0, 0.1) is 5.82 Å². The van der Waals surface area contributed by atoms with E-state index in [1.54, 1.807) is 6.07 Å². The van der Waals surface area contributed by atoms with Crippen molar-refractivity contribution in [3.8, 4) is 5.75 Å². The molecule has 1 aliphatic rings. The Bertz CT molecular complexity index is 502. The Morgan fingerprint density at radius 1 is 1.38 bits per heavy atom. The summed E-state index contributed by atoms with van der Waals surface area (Å²) >= 11 is 0. The highest BCUT2D eigenvalue weighted by Crippen LogP contribution is 2.29. The molecule has 1 aliphatic carbocycles. The Kier molecular flexibility index (Phi) is 5.98. The van der Waals surface area contributed by atoms with Crippen molar-refractivity contribution in [3.05, 3.63) is 24.0 Å². The second kappa shape index (κ2) is 7.09. The molecule has 6 heteroatoms. The lowest BCUT2D eigenvalue weighted by atomic mass is 9.98. The van der Waals surface area contributed by atoms with Crippen LogP contribution in [0.25, 0.3) is 0 Å². The van der Waals surface area contributed by atoms with Crippen LogP contribution >= 0.6 is 12.4 Å². The Balaban J connectivity index is 0.00000220. The van der Waals surface area contributed by atoms with Crippen molar-refractivity contribution in [1.29, 1.82) is 0 Å². The molecule has 1 saturated carbocycles. The number of carbonyl (C=O) groups excluding carboxylic acids is 1. The van der Waals surface area contributed by atoms with Gasteiger partial charge in [0.05, 0.1) is 17.3 Å². The highest BCUT2D eigenvalue weighted by molar-refractivity contribution is 5.98. The fourth-order valence-electron chi connectivity index (χ4n) is 2.42. The Hall–Kier alpha value is -1.33. The molecule has 2 rings (SSSR count). The zero-order chi connectivity index (χ0) is 14.8. The zero-order valence-electron chi connectivity index (χ0n) is 12.3. The number of nitrogens with one attached hydrogen (secondary N) is 1. The lowest BCUT2D eigenvalue weighted by molar-refractivity contribution is -0.121. The minimum Gasteiger partial charge on any atom is -0.491 e. The third-order valence-electron chi connectivity index (χ3n) is 3.51. The predicted octanol–water partition coefficient (Wildman–Crippen LogP) is 3.24. The largest absolute Gasteiger partial charge is 0.491 e. The van der Waals surface area contributed by atoms with Gasteiger partial charge in [0.25, 0.3) is 0 Å². The standard InChI is InChI=1S/C15H21FN2O2.ClH/c1-10(2)20-11-5-6-13(12(16)9-11)18-14(19)15(17)7-3-4-8-15;/h5-6,9-10H,3-4,7-8,17H2,1-2H3,(H,18,19);1H. The van der Waals surface area contributed by atoms with Crippen LogP contribution in [0.4, 0.5) is 10.1 Å². The van der Waals surface area contributed by atoms with Crippen LogP contribution in [-0.4, -0.2) is 17.6 Å². The normalized spacial score (nSPS) is 16.4. The first-order valence-electron chi connectivity index (χ1n) is 6.97. The van der Waals surface area contributed by atoms with Gasteiger partial charge in [0, 0.05) is 6.07 Å². The van der Waals surface area contributed by atoms with Gasteiger partial charge in [-0.3, -0.25) is 4.79 Å². The molecule has 0 atom stereocenters. The van der Waals surface area contributed by atoms with Gasteiger partial charge >= 0.3 is 0 Å². The summed E-state index contributed by atoms with van der Waals surface area (Å²) in [6, 6.07) is 4.41. The molecule has 0 spiro atoms. The fourth-order valence-corrected chi connectivity index (χ4v) is 2.42. The first kappa shape index (κ1) is 17.7. The molecular formula is C15H22ClFN2O2. The Morgan fingerprint density at radius 3 is 2.52 bits per heavy atom. The van der Waals surface area contributed by atoms with E-state index in [0.717, 1.165) is 12.8 Å². The highest BCUT2D eigenvalue weighted by atomic mass is 35.5. The summed E-state index contributed by atoms with van der Waals surface area (Å²) in [6.07, 6.45) is 3.14. The number of anilines is 1. The first-order valence-corrected chi connectivity index (χ1v) is 6.97. The molecule has 1 fully saturated rings. The van der Waals surface area contributed by atoms with Crippen molar-refractivity contribution in [2.75, 3.05) is 5.32 Å². The maximum absolute atomic E-state index is 13.9. The van der Waals surface area contributed by atoms with E-state index in [1.807, 2.05) is 13.8 Å². The number of carbonyl (C=O) groups is 1. The Morgan fingerprint density at radius 2 is 2.00 bits per heavy atom. The molecule has 118 valence electrons. The van der Waals surface area contributed by atoms with Crippen molar-refractivity contribution in [2.24, 2.45) is 5.73 Å². The molecule has 0 bridgehead atoms. The van der Waals surface area contributed by atoms with Gasteiger partial charge in [-0.1, -0.05) is 12.8 Å². The summed E-state index contributed by atoms with van der Waals surface area (Å²) in [5, 5.41) is 2.58. The molecular weight excluding hydrogens is 295 g/mol. The number of rotatable bonds is 4. The van der Waals surface area contributed by atoms with E-state index in [-0.39, 0.29) is 30.1 Å². The lowest BCUT2D eigenvalue weighted by Gasteiger charge is -2.22. The summed E-state index contributed by atoms with van der Waals surface area (Å²) in [5.74, 6) is -0.386. The van der Waals surface area contributed by atoms with Gasteiger partial charge in [-0.25, -0.2) is 4.39 Å². The molecule has 0 heterocycles. The summed E-state index contributed by atoms with van der Waals surface area (Å²) in [4.78, 5) is 12.1. The molecule has 0 aliphatic heterocycles. The third kappa shape index (κ3) is 4.32. The smallest absolute Gasteiger partial charge is 0.244 e. The third-order valence-corrected chi connectivity index (χ3v) is 3.51. The molecule has 1 amide bonds. The van der Waals surface area contributed by atoms with Crippen LogP contribution in [0.5, 0.6) is 5.75 Å². The van der Waals surface area contributed by atoms with Crippen molar-refractivity contribution >= 4 is 24.0 Å². The van der Waals surface area contributed by atoms with Crippen molar-refractivity contribution in [1.82, 2.24) is 0 Å². The number of hydrogen-bond acceptors (Lipinski definition) is 3. The summed E-state index contributed by atoms with van der Waals surface area (Å²) in [7, 11) is 0. The van der Waals surface area contributed by atoms with E-state index in [0.29, 0.717) is 18.6 Å². The quantitative estimate of drug-likeness (QED) is 0.896. The molecule has 4 nitrogen and oxygen atoms in total. The van der Waals surface area contributed by atoms with Gasteiger partial charge in [0.2, 0.25) is 5.91 Å². The van der Waals surface area contributed by atoms with Crippen LogP contribution in [0.15, 0.2) is 18.2 Å². The van der Waals surface area contributed by atoms with Gasteiger partial charge < -0.3 is 15.8 Å². The van der Waals surface area contributed by atoms with Gasteiger partial charge in [-0.15, -0.1) is 12.4 Å². The lowest BCUT2D eigenvalue weighted by Crippen LogP contribution is -2.48. The average Bonchev–Trinajstić information content (AvgIpc) is 2.80. The average molecular weight is 317 g/mol. The minimum absolute atomic E-state index is 0. The fraction of sp³-hybridized carbons (Fsp3) is 0.533. The number of ether oxygens (including phenoxy) is 1. The molecule has 1 aromatic carbocycles. The van der Waals surface area contributed by atoms with E-state index >= 15 is 0 Å². The van der Waals surface area contributed by atoms with Crippen molar-refractivity contribution < 1.29 is 13.9 Å². The highest BCUT2D eigenvalue weighted by Gasteiger charge is 2.37. The van der Waals surface area contributed by atoms with Gasteiger partial charge in [0.1, 0.15) is 11.6 Å². The molecule has 0 saturated heterocycles. The number of halogens is 2. The zero-order valence-corrected chi connectivity index (χ0v) is 13.1. The van der Waals surface area contributed by atoms with Crippen LogP contribution < -0.4 is 15.8 Å². The number of benzene rings is 1. The van der Waals surface area contributed by atoms with Gasteiger partial charge in [-0.2, -0.15) is 0 Å². The Labute approximate surface area is 130 Å². The van der Waals surface area contributed by atoms with E-state index in [9.17, 15) is 9.18 Å². The maximum Gasteiger partial charge on any atom is 0.244 e. The summed E-state index contributed by atoms with van der Waals surface area (Å²) < 4.78 is 19.3. The second-order valence-electron chi connectivity index (χ2n) is 5.63. The van der Waals surface area contributed by atoms with Gasteiger partial charge in [0.15, 0.2) is 0 Å². The predicted molar refractivity (Wildman–Crippen MR) is 83.4 cm³/mol. The summed E-state index contributed by atoms with van der Waals surface area (Å²) in [5.41, 5.74) is 5.32. The monoisotopic (exact) mass is 316 g/mol. The number of nitrogens with two attached hydrogens (primary N) is 1. The van der Waals surface area contributed by atoms with E-state index in [4.69, 9.17) is 10.5 Å². The molecule has 3 N–H and O–H groups in total. The number of hydrogen-bond donors (Lipinski definition) is 2. The van der Waals surface area contributed by atoms with E-state index in [1.165, 1.54) is 12.1 Å².